The quantitative estimate of drug-likeness (QED) is 0.708. The highest BCUT2D eigenvalue weighted by atomic mass is 32.3. The first-order valence-electron chi connectivity index (χ1n) is 5.04. The van der Waals surface area contributed by atoms with Crippen molar-refractivity contribution in [3.63, 3.8) is 0 Å². The Labute approximate surface area is 81.7 Å². The number of hydrogen-bond donors (Lipinski definition) is 2. The molecule has 2 N–H and O–H groups in total. The maximum atomic E-state index is 9.05. The van der Waals surface area contributed by atoms with E-state index >= 15 is 0 Å². The average molecular weight is 201 g/mol. The summed E-state index contributed by atoms with van der Waals surface area (Å²) in [7, 11) is -0.655. The second-order valence-corrected chi connectivity index (χ2v) is 7.86. The molecule has 3 heteroatoms. The number of nitrogens with one attached hydrogen (secondary N) is 1. The van der Waals surface area contributed by atoms with Crippen LogP contribution in [0.1, 0.15) is 19.3 Å². The van der Waals surface area contributed by atoms with Gasteiger partial charge in [-0.25, -0.2) is 10.0 Å². The van der Waals surface area contributed by atoms with E-state index in [1.54, 1.807) is 4.91 Å². The minimum absolute atomic E-state index is 0.345. The van der Waals surface area contributed by atoms with E-state index < -0.39 is 10.0 Å². The molecule has 0 aromatic rings. The molecule has 1 saturated heterocycles. The van der Waals surface area contributed by atoms with Crippen molar-refractivity contribution in [1.29, 1.82) is 0 Å². The van der Waals surface area contributed by atoms with Crippen molar-refractivity contribution in [1.82, 2.24) is 5.32 Å². The molecular formula is C10H19NOS. The van der Waals surface area contributed by atoms with Crippen LogP contribution in [-0.2, 0) is 0 Å². The topological polar surface area (TPSA) is 32.3 Å². The number of aliphatic hydroxyl groups excluding tert-OH is 1. The molecule has 2 unspecified atom stereocenters. The molecule has 1 heterocycles. The summed E-state index contributed by atoms with van der Waals surface area (Å²) < 4.78 is 0. The van der Waals surface area contributed by atoms with Crippen LogP contribution < -0.4 is 5.32 Å². The fraction of sp³-hybridized carbons (Fsp3) is 0.800. The Hall–Kier alpha value is 0.0100. The molecule has 2 atom stereocenters. The summed E-state index contributed by atoms with van der Waals surface area (Å²) in [5.41, 5.74) is 0. The maximum Gasteiger partial charge on any atom is 0.0510 e. The fourth-order valence-electron chi connectivity index (χ4n) is 2.36. The van der Waals surface area contributed by atoms with Gasteiger partial charge < -0.3 is 10.4 Å². The van der Waals surface area contributed by atoms with Gasteiger partial charge in [0, 0.05) is 17.7 Å². The summed E-state index contributed by atoms with van der Waals surface area (Å²) in [4.78, 5) is 1.65. The molecule has 1 aliphatic heterocycles. The Morgan fingerprint density at radius 3 is 3.31 bits per heavy atom. The molecular weight excluding hydrogens is 182 g/mol. The molecule has 2 nitrogen and oxygen atoms in total. The first-order valence-corrected chi connectivity index (χ1v) is 7.42. The van der Waals surface area contributed by atoms with Crippen molar-refractivity contribution in [3.8, 4) is 0 Å². The third-order valence-corrected chi connectivity index (χ3v) is 6.62. The van der Waals surface area contributed by atoms with Gasteiger partial charge in [-0.3, -0.25) is 0 Å². The largest absolute Gasteiger partial charge is 0.396 e. The first kappa shape index (κ1) is 9.56. The second kappa shape index (κ2) is 3.64. The van der Waals surface area contributed by atoms with Gasteiger partial charge in [-0.1, -0.05) is 6.08 Å². The number of fused-ring (bicyclic) bond motifs is 1. The molecule has 0 spiro atoms. The zero-order valence-electron chi connectivity index (χ0n) is 8.25. The molecule has 0 saturated carbocycles. The molecule has 13 heavy (non-hydrogen) atoms. The highest BCUT2D eigenvalue weighted by Crippen LogP contribution is 2.57. The summed E-state index contributed by atoms with van der Waals surface area (Å²) in [5.74, 6) is 2.12. The minimum Gasteiger partial charge on any atom is -0.396 e. The predicted molar refractivity (Wildman–Crippen MR) is 59.2 cm³/mol. The summed E-state index contributed by atoms with van der Waals surface area (Å²) >= 11 is 0. The lowest BCUT2D eigenvalue weighted by Crippen LogP contribution is -2.23. The van der Waals surface area contributed by atoms with Gasteiger partial charge in [0.15, 0.2) is 0 Å². The van der Waals surface area contributed by atoms with Crippen LogP contribution in [0.2, 0.25) is 0 Å². The smallest absolute Gasteiger partial charge is 0.0510 e. The molecule has 0 amide bonds. The Balaban J connectivity index is 2.18. The van der Waals surface area contributed by atoms with E-state index in [-0.39, 0.29) is 0 Å². The van der Waals surface area contributed by atoms with Crippen LogP contribution in [0.15, 0.2) is 11.0 Å². The Bertz CT molecular complexity index is 229. The van der Waals surface area contributed by atoms with Gasteiger partial charge in [-0.2, -0.15) is 0 Å². The van der Waals surface area contributed by atoms with Crippen LogP contribution in [0, 0.1) is 0 Å². The van der Waals surface area contributed by atoms with Crippen LogP contribution in [0.4, 0.5) is 0 Å². The van der Waals surface area contributed by atoms with Gasteiger partial charge in [0.2, 0.25) is 0 Å². The van der Waals surface area contributed by atoms with Crippen molar-refractivity contribution in [2.75, 3.05) is 24.5 Å². The average Bonchev–Trinajstić information content (AvgIpc) is 2.46. The lowest BCUT2D eigenvalue weighted by molar-refractivity contribution is 0.322. The van der Waals surface area contributed by atoms with E-state index in [1.165, 1.54) is 19.3 Å². The Morgan fingerprint density at radius 1 is 1.69 bits per heavy atom. The SMILES string of the molecule is CS1(CCO)CNC2CCCC=C21. The first-order chi connectivity index (χ1) is 6.26. The van der Waals surface area contributed by atoms with Gasteiger partial charge in [0.25, 0.3) is 0 Å². The lowest BCUT2D eigenvalue weighted by Gasteiger charge is -2.33. The van der Waals surface area contributed by atoms with Crippen LogP contribution in [-0.4, -0.2) is 35.6 Å². The molecule has 0 radical (unpaired) electrons. The van der Waals surface area contributed by atoms with Gasteiger partial charge in [-0.15, -0.1) is 0 Å². The van der Waals surface area contributed by atoms with E-state index in [9.17, 15) is 0 Å². The van der Waals surface area contributed by atoms with Gasteiger partial charge in [0.05, 0.1) is 6.61 Å². The monoisotopic (exact) mass is 201 g/mol. The summed E-state index contributed by atoms with van der Waals surface area (Å²) in [6, 6.07) is 0.653. The number of aliphatic hydroxyl groups is 1. The number of allylic oxidation sites excluding steroid dienone is 1. The van der Waals surface area contributed by atoms with Gasteiger partial charge in [0.1, 0.15) is 0 Å². The van der Waals surface area contributed by atoms with Crippen LogP contribution in [0.5, 0.6) is 0 Å². The molecule has 2 rings (SSSR count). The van der Waals surface area contributed by atoms with Crippen molar-refractivity contribution in [2.24, 2.45) is 0 Å². The van der Waals surface area contributed by atoms with Gasteiger partial charge >= 0.3 is 0 Å². The van der Waals surface area contributed by atoms with Crippen molar-refractivity contribution >= 4 is 10.0 Å². The fourth-order valence-corrected chi connectivity index (χ4v) is 5.28. The molecule has 0 aromatic carbocycles. The summed E-state index contributed by atoms with van der Waals surface area (Å²) in [5, 5.41) is 12.6. The van der Waals surface area contributed by atoms with Crippen LogP contribution in [0.3, 0.4) is 0 Å². The lowest BCUT2D eigenvalue weighted by atomic mass is 10.0. The number of hydrogen-bond acceptors (Lipinski definition) is 2. The minimum atomic E-state index is -0.655. The zero-order chi connectivity index (χ0) is 9.31. The summed E-state index contributed by atoms with van der Waals surface area (Å²) in [6.45, 7) is 0.345. The molecule has 0 aromatic heterocycles. The van der Waals surface area contributed by atoms with E-state index in [2.05, 4.69) is 17.6 Å². The standard InChI is InChI=1S/C10H19NOS/c1-13(7-6-12)8-11-9-4-2-3-5-10(9)13/h5,9,11-12H,2-4,6-8H2,1H3. The number of rotatable bonds is 2. The molecule has 76 valence electrons. The highest BCUT2D eigenvalue weighted by molar-refractivity contribution is 8.36. The van der Waals surface area contributed by atoms with Crippen LogP contribution >= 0.6 is 10.0 Å². The van der Waals surface area contributed by atoms with Crippen molar-refractivity contribution < 1.29 is 5.11 Å². The second-order valence-electron chi connectivity index (χ2n) is 4.14. The molecule has 2 aliphatic rings. The van der Waals surface area contributed by atoms with Crippen molar-refractivity contribution in [3.05, 3.63) is 11.0 Å². The Morgan fingerprint density at radius 2 is 2.54 bits per heavy atom. The van der Waals surface area contributed by atoms with E-state index in [4.69, 9.17) is 5.11 Å². The molecule has 1 fully saturated rings. The van der Waals surface area contributed by atoms with E-state index in [0.717, 1.165) is 11.6 Å². The molecule has 0 bridgehead atoms. The Kier molecular flexibility index (Phi) is 2.67. The third kappa shape index (κ3) is 1.65. The van der Waals surface area contributed by atoms with Crippen molar-refractivity contribution in [2.45, 2.75) is 25.3 Å². The van der Waals surface area contributed by atoms with E-state index in [1.807, 2.05) is 0 Å². The van der Waals surface area contributed by atoms with Gasteiger partial charge in [-0.05, 0) is 30.4 Å². The highest BCUT2D eigenvalue weighted by Gasteiger charge is 2.36. The third-order valence-electron chi connectivity index (χ3n) is 3.15. The zero-order valence-corrected chi connectivity index (χ0v) is 9.07. The normalized spacial score (nSPS) is 43.5. The van der Waals surface area contributed by atoms with Crippen LogP contribution in [0.25, 0.3) is 0 Å². The van der Waals surface area contributed by atoms with E-state index in [0.29, 0.717) is 12.6 Å². The maximum absolute atomic E-state index is 9.05. The molecule has 1 aliphatic carbocycles. The predicted octanol–water partition coefficient (Wildman–Crippen LogP) is 1.41. The summed E-state index contributed by atoms with van der Waals surface area (Å²) in [6.07, 6.45) is 8.67.